The van der Waals surface area contributed by atoms with Gasteiger partial charge in [0.1, 0.15) is 201 Å². The molecule has 27 N–H and O–H groups in total. The zero-order valence-electron chi connectivity index (χ0n) is 55.9. The Morgan fingerprint density at radius 1 is 0.330 bits per heavy atom. The number of hydrogen-bond acceptors (Lipinski definition) is 43. The Bertz CT molecular complexity index is 2610. The summed E-state index contributed by atoms with van der Waals surface area (Å²) in [6.45, 7) is -2.52. The van der Waals surface area contributed by atoms with E-state index in [-0.39, 0.29) is 0 Å². The van der Waals surface area contributed by atoms with Crippen molar-refractivity contribution in [2.24, 2.45) is 0 Å². The third kappa shape index (κ3) is 19.0. The first kappa shape index (κ1) is 85.9. The normalized spacial score (nSPS) is 49.1. The van der Waals surface area contributed by atoms with Crippen LogP contribution in [0.25, 0.3) is 0 Å². The Balaban J connectivity index is 1.18. The molecule has 600 valence electrons. The maximum Gasteiger partial charge on any atom is 0.217 e. The second-order valence-corrected chi connectivity index (χ2v) is 26.4. The van der Waals surface area contributed by atoms with Gasteiger partial charge in [-0.2, -0.15) is 0 Å². The lowest BCUT2D eigenvalue weighted by Gasteiger charge is -2.52. The van der Waals surface area contributed by atoms with Crippen LogP contribution in [0.2, 0.25) is 0 Å². The van der Waals surface area contributed by atoms with Crippen LogP contribution < -0.4 is 10.6 Å². The van der Waals surface area contributed by atoms with Gasteiger partial charge in [-0.15, -0.1) is 0 Å². The molecule has 8 rings (SSSR count). The van der Waals surface area contributed by atoms with Gasteiger partial charge in [0.2, 0.25) is 11.8 Å². The first-order valence-corrected chi connectivity index (χ1v) is 33.1. The lowest BCUT2D eigenvalue weighted by molar-refractivity contribution is -0.396. The molecule has 0 saturated carbocycles. The van der Waals surface area contributed by atoms with Gasteiger partial charge in [0, 0.05) is 13.8 Å². The molecule has 8 heterocycles. The number of aliphatic hydroxyl groups excluding tert-OH is 25. The Labute approximate surface area is 585 Å². The van der Waals surface area contributed by atoms with Crippen LogP contribution >= 0.6 is 0 Å². The number of aliphatic hydroxyl groups is 25. The zero-order valence-corrected chi connectivity index (χ0v) is 55.9. The van der Waals surface area contributed by atoms with Crippen LogP contribution in [0.15, 0.2) is 0 Å². The molecule has 0 spiro atoms. The third-order valence-electron chi connectivity index (χ3n) is 19.1. The molecule has 0 unspecified atom stereocenters. The van der Waals surface area contributed by atoms with Gasteiger partial charge in [-0.1, -0.05) is 0 Å². The predicted octanol–water partition coefficient (Wildman–Crippen LogP) is -17.6. The van der Waals surface area contributed by atoms with Gasteiger partial charge >= 0.3 is 0 Å². The molecule has 2 amide bonds. The predicted molar refractivity (Wildman–Crippen MR) is 318 cm³/mol. The number of amides is 2. The van der Waals surface area contributed by atoms with E-state index in [1.165, 1.54) is 20.8 Å². The van der Waals surface area contributed by atoms with Crippen molar-refractivity contribution in [2.45, 2.75) is 305 Å². The van der Waals surface area contributed by atoms with E-state index in [0.29, 0.717) is 0 Å². The van der Waals surface area contributed by atoms with Crippen molar-refractivity contribution in [1.82, 2.24) is 10.6 Å². The van der Waals surface area contributed by atoms with Crippen LogP contribution in [0.1, 0.15) is 34.6 Å². The zero-order chi connectivity index (χ0) is 76.2. The molecule has 8 fully saturated rings. The fraction of sp³-hybridized carbons (Fsp3) is 0.966. The maximum absolute atomic E-state index is 13.5. The fourth-order valence-electron chi connectivity index (χ4n) is 13.1. The highest BCUT2D eigenvalue weighted by Crippen LogP contribution is 2.40. The Morgan fingerprint density at radius 2 is 0.670 bits per heavy atom. The highest BCUT2D eigenvalue weighted by molar-refractivity contribution is 5.73. The van der Waals surface area contributed by atoms with E-state index >= 15 is 0 Å². The van der Waals surface area contributed by atoms with E-state index in [0.717, 1.165) is 13.8 Å². The molecule has 0 aromatic rings. The minimum atomic E-state index is -2.53. The molecule has 45 heteroatoms. The van der Waals surface area contributed by atoms with Crippen LogP contribution in [0.4, 0.5) is 0 Å². The van der Waals surface area contributed by atoms with E-state index < -0.39 is 328 Å². The number of ether oxygens (including phenoxy) is 16. The Morgan fingerprint density at radius 3 is 1.10 bits per heavy atom. The van der Waals surface area contributed by atoms with E-state index in [1.807, 2.05) is 0 Å². The molecule has 8 aliphatic rings. The standard InChI is InChI=1S/C58H100N2O43/c1-13-27(71)34(78)39(83)53(89-13)100-47-25(59-16(4)67)51(94-22(10-65)46(47)99-58-50(38(82)32(76)21(9-64)93-58)103-55-41(85)36(80)29(73)15(3)91-55)88-12-24-33(77)49(43(87)57(96-24)97-44(19(70)7-62)30(74)18(69)6-61)102-52-26(60-17(5)68)48(101-54-40(84)35(79)28(72)14(2)90-54)45(23(11-66)95-52)98-56-42(86)37(81)31(75)20(8-63)92-56/h13-15,18-58,61-66,69-87H,6-12H2,1-5H3,(H,59,67)(H,60,68)/t13-,14-,15-,18-,19+,20+,21+,22+,23+,24+,25+,26+,27+,28+,29+,30+,31-,32-,33-,34+,35+,36+,37-,38-,39-,40-,41-,42+,43+,44+,45+,46+,47+,48+,49-,50+,51+,52-,53-,54-,55-,56-,57-,58-/m0/s1. The molecule has 0 aromatic carbocycles. The second kappa shape index (κ2) is 37.3. The van der Waals surface area contributed by atoms with Crippen molar-refractivity contribution >= 4 is 11.8 Å². The average molecular weight is 1510 g/mol. The monoisotopic (exact) mass is 1510 g/mol. The molecule has 0 bridgehead atoms. The van der Waals surface area contributed by atoms with E-state index in [9.17, 15) is 137 Å². The number of carbonyl (C=O) groups is 2. The average Bonchev–Trinajstić information content (AvgIpc) is 0.764. The van der Waals surface area contributed by atoms with Crippen LogP contribution in [0.5, 0.6) is 0 Å². The topological polar surface area (TPSA) is 712 Å². The molecule has 44 atom stereocenters. The summed E-state index contributed by atoms with van der Waals surface area (Å²) in [6.07, 6.45) is -85.5. The third-order valence-corrected chi connectivity index (χ3v) is 19.1. The number of rotatable bonds is 28. The quantitative estimate of drug-likeness (QED) is 0.0346. The summed E-state index contributed by atoms with van der Waals surface area (Å²) in [5, 5.41) is 278. The summed E-state index contributed by atoms with van der Waals surface area (Å²) in [6, 6.07) is -3.99. The number of hydrogen-bond donors (Lipinski definition) is 27. The van der Waals surface area contributed by atoms with Crippen LogP contribution in [0, 0.1) is 0 Å². The first-order valence-electron chi connectivity index (χ1n) is 33.1. The van der Waals surface area contributed by atoms with Gasteiger partial charge in [-0.3, -0.25) is 9.59 Å². The van der Waals surface area contributed by atoms with Crippen molar-refractivity contribution < 1.29 is 213 Å². The first-order chi connectivity index (χ1) is 48.6. The van der Waals surface area contributed by atoms with E-state index in [1.54, 1.807) is 0 Å². The minimum Gasteiger partial charge on any atom is -0.394 e. The maximum atomic E-state index is 13.5. The Hall–Kier alpha value is -2.70. The van der Waals surface area contributed by atoms with Gasteiger partial charge in [0.05, 0.1) is 64.6 Å². The van der Waals surface area contributed by atoms with Crippen molar-refractivity contribution in [3.8, 4) is 0 Å². The molecule has 0 aromatic heterocycles. The summed E-state index contributed by atoms with van der Waals surface area (Å²) in [5.41, 5.74) is 0. The minimum absolute atomic E-state index is 0.921. The largest absolute Gasteiger partial charge is 0.394 e. The lowest BCUT2D eigenvalue weighted by Crippen LogP contribution is -2.71. The van der Waals surface area contributed by atoms with Gasteiger partial charge in [0.15, 0.2) is 50.3 Å². The summed E-state index contributed by atoms with van der Waals surface area (Å²) in [5.74, 6) is -1.98. The summed E-state index contributed by atoms with van der Waals surface area (Å²) >= 11 is 0. The molecule has 8 saturated heterocycles. The van der Waals surface area contributed by atoms with Crippen LogP contribution in [-0.4, -0.2) is 456 Å². The van der Waals surface area contributed by atoms with Crippen molar-refractivity contribution in [1.29, 1.82) is 0 Å². The Kier molecular flexibility index (Phi) is 31.1. The molecular weight excluding hydrogens is 1410 g/mol. The number of carbonyl (C=O) groups excluding carboxylic acids is 2. The molecule has 0 radical (unpaired) electrons. The highest BCUT2D eigenvalue weighted by Gasteiger charge is 2.61. The highest BCUT2D eigenvalue weighted by atomic mass is 16.8. The van der Waals surface area contributed by atoms with E-state index in [4.69, 9.17) is 75.8 Å². The van der Waals surface area contributed by atoms with Crippen LogP contribution in [0.3, 0.4) is 0 Å². The smallest absolute Gasteiger partial charge is 0.217 e. The second-order valence-electron chi connectivity index (χ2n) is 26.4. The van der Waals surface area contributed by atoms with Gasteiger partial charge in [0.25, 0.3) is 0 Å². The van der Waals surface area contributed by atoms with Gasteiger partial charge < -0.3 is 214 Å². The SMILES string of the molecule is CC(=O)N[C@H]1[C@H](O[C@H]2[C@@H](O)[C@@H](CO[C@@H]3O[C@H](CO)[C@@H](O[C@@H]4O[C@H](CO)[C@H](O)[C@H](O)[C@H]4O[C@@H]4O[C@@H](C)[C@@H](O)[C@@H](O)[C@@H]4O)[C@H](O[C@@H]4O[C@@H](C)[C@@H](O)[C@@H](O)[C@@H]4O)[C@H]3NC(C)=O)O[C@@H](O[C@@H]([C@H](O)[C@@H](O)CO)[C@H](O)CO)[C@@H]2O)O[C@H](CO)[C@@H](O[C@@H]2O[C@H](CO)[C@H](O)[C@H](O)[C@H]2O)[C@@H]1O[C@@H]1O[C@@H](C)[C@@H](O)[C@@H](O)[C@@H]1O. The van der Waals surface area contributed by atoms with Crippen molar-refractivity contribution in [3.63, 3.8) is 0 Å². The summed E-state index contributed by atoms with van der Waals surface area (Å²) in [7, 11) is 0. The fourth-order valence-corrected chi connectivity index (χ4v) is 13.1. The molecular formula is C58H100N2O43. The molecule has 45 nitrogen and oxygen atoms in total. The van der Waals surface area contributed by atoms with Gasteiger partial charge in [-0.05, 0) is 20.8 Å². The lowest BCUT2D eigenvalue weighted by atomic mass is 9.93. The van der Waals surface area contributed by atoms with Gasteiger partial charge in [-0.25, -0.2) is 0 Å². The molecule has 0 aliphatic carbocycles. The summed E-state index contributed by atoms with van der Waals surface area (Å²) in [4.78, 5) is 26.9. The summed E-state index contributed by atoms with van der Waals surface area (Å²) < 4.78 is 96.2. The molecule has 8 aliphatic heterocycles. The van der Waals surface area contributed by atoms with Crippen molar-refractivity contribution in [2.75, 3.05) is 46.2 Å². The van der Waals surface area contributed by atoms with Crippen LogP contribution in [-0.2, 0) is 85.4 Å². The molecule has 103 heavy (non-hydrogen) atoms. The number of nitrogens with one attached hydrogen (secondary N) is 2. The van der Waals surface area contributed by atoms with Crippen molar-refractivity contribution in [3.05, 3.63) is 0 Å². The van der Waals surface area contributed by atoms with E-state index in [2.05, 4.69) is 10.6 Å².